The van der Waals surface area contributed by atoms with E-state index in [1.165, 1.54) is 0 Å². The average molecular weight is 281 g/mol. The van der Waals surface area contributed by atoms with Gasteiger partial charge in [0.15, 0.2) is 8.32 Å². The van der Waals surface area contributed by atoms with Crippen LogP contribution >= 0.6 is 0 Å². The summed E-state index contributed by atoms with van der Waals surface area (Å²) in [6, 6.07) is 4.02. The van der Waals surface area contributed by atoms with E-state index in [0.717, 1.165) is 11.3 Å². The first-order valence-electron chi connectivity index (χ1n) is 6.91. The molecule has 0 amide bonds. The Morgan fingerprint density at radius 1 is 1.32 bits per heavy atom. The second-order valence-electron chi connectivity index (χ2n) is 6.58. The summed E-state index contributed by atoms with van der Waals surface area (Å²) in [4.78, 5) is 4.36. The largest absolute Gasteiger partial charge is 0.410 e. The fraction of sp³-hybridized carbons (Fsp3) is 0.667. The molecule has 0 spiro atoms. The van der Waals surface area contributed by atoms with Gasteiger partial charge in [0, 0.05) is 24.9 Å². The fourth-order valence-electron chi connectivity index (χ4n) is 1.63. The van der Waals surface area contributed by atoms with Crippen molar-refractivity contribution in [2.75, 3.05) is 6.61 Å². The maximum Gasteiger partial charge on any atom is 0.192 e. The highest BCUT2D eigenvalue weighted by molar-refractivity contribution is 6.74. The van der Waals surface area contributed by atoms with E-state index in [1.54, 1.807) is 0 Å². The van der Waals surface area contributed by atoms with E-state index >= 15 is 0 Å². The molecule has 1 rings (SSSR count). The van der Waals surface area contributed by atoms with Gasteiger partial charge in [-0.15, -0.1) is 0 Å². The van der Waals surface area contributed by atoms with Crippen molar-refractivity contribution in [3.05, 3.63) is 29.6 Å². The maximum absolute atomic E-state index is 8.88. The van der Waals surface area contributed by atoms with Gasteiger partial charge in [0.05, 0.1) is 6.10 Å². The molecule has 1 N–H and O–H groups in total. The maximum atomic E-state index is 8.88. The molecule has 1 aromatic rings. The Morgan fingerprint density at radius 3 is 2.37 bits per heavy atom. The predicted octanol–water partition coefficient (Wildman–Crippen LogP) is 3.70. The molecule has 0 aromatic carbocycles. The van der Waals surface area contributed by atoms with Crippen LogP contribution in [0.4, 0.5) is 0 Å². The van der Waals surface area contributed by atoms with Crippen LogP contribution in [0, 0.1) is 0 Å². The number of nitrogens with zero attached hydrogens (tertiary/aromatic N) is 1. The lowest BCUT2D eigenvalue weighted by atomic mass is 10.1. The van der Waals surface area contributed by atoms with E-state index < -0.39 is 8.32 Å². The smallest absolute Gasteiger partial charge is 0.192 e. The molecule has 1 heterocycles. The van der Waals surface area contributed by atoms with Crippen molar-refractivity contribution in [3.63, 3.8) is 0 Å². The topological polar surface area (TPSA) is 42.4 Å². The average Bonchev–Trinajstić information content (AvgIpc) is 2.28. The number of rotatable bonds is 5. The van der Waals surface area contributed by atoms with Gasteiger partial charge in [-0.3, -0.25) is 4.98 Å². The Balaban J connectivity index is 2.75. The van der Waals surface area contributed by atoms with Gasteiger partial charge in [-0.05, 0) is 36.7 Å². The second-order valence-corrected chi connectivity index (χ2v) is 11.3. The molecule has 108 valence electrons. The lowest BCUT2D eigenvalue weighted by Gasteiger charge is -2.38. The molecule has 0 saturated carbocycles. The molecule has 0 radical (unpaired) electrons. The van der Waals surface area contributed by atoms with Crippen LogP contribution in [-0.4, -0.2) is 25.0 Å². The van der Waals surface area contributed by atoms with Crippen molar-refractivity contribution < 1.29 is 9.53 Å². The van der Waals surface area contributed by atoms with Crippen molar-refractivity contribution in [1.82, 2.24) is 4.98 Å². The standard InChI is InChI=1S/C15H27NO2Si/c1-12(18-19(5,6)15(2,3)4)13-7-8-14(9-10-17)16-11-13/h7-8,11-12,17H,9-10H2,1-6H3. The van der Waals surface area contributed by atoms with Crippen LogP contribution in [0.3, 0.4) is 0 Å². The molecule has 1 unspecified atom stereocenters. The van der Waals surface area contributed by atoms with E-state index in [-0.39, 0.29) is 17.7 Å². The summed E-state index contributed by atoms with van der Waals surface area (Å²) in [5.41, 5.74) is 2.03. The highest BCUT2D eigenvalue weighted by Gasteiger charge is 2.38. The Labute approximate surface area is 118 Å². The van der Waals surface area contributed by atoms with Crippen LogP contribution in [0.5, 0.6) is 0 Å². The van der Waals surface area contributed by atoms with Gasteiger partial charge in [0.2, 0.25) is 0 Å². The van der Waals surface area contributed by atoms with Crippen LogP contribution < -0.4 is 0 Å². The normalized spacial score (nSPS) is 14.5. The number of hydrogen-bond donors (Lipinski definition) is 1. The zero-order valence-electron chi connectivity index (χ0n) is 13.0. The lowest BCUT2D eigenvalue weighted by molar-refractivity contribution is 0.202. The van der Waals surface area contributed by atoms with Crippen molar-refractivity contribution in [2.45, 2.75) is 58.4 Å². The Bertz CT molecular complexity index is 396. The number of aliphatic hydroxyl groups excluding tert-OH is 1. The Hall–Kier alpha value is -0.713. The van der Waals surface area contributed by atoms with Crippen LogP contribution in [-0.2, 0) is 10.8 Å². The molecule has 0 saturated heterocycles. The van der Waals surface area contributed by atoms with Gasteiger partial charge in [-0.1, -0.05) is 26.8 Å². The predicted molar refractivity (Wildman–Crippen MR) is 81.7 cm³/mol. The molecule has 0 aliphatic carbocycles. The van der Waals surface area contributed by atoms with Gasteiger partial charge >= 0.3 is 0 Å². The van der Waals surface area contributed by atoms with Crippen LogP contribution in [0.2, 0.25) is 18.1 Å². The van der Waals surface area contributed by atoms with Crippen LogP contribution in [0.15, 0.2) is 18.3 Å². The minimum absolute atomic E-state index is 0.0663. The Kier molecular flexibility index (Phi) is 5.30. The third kappa shape index (κ3) is 4.40. The van der Waals surface area contributed by atoms with Gasteiger partial charge in [0.25, 0.3) is 0 Å². The van der Waals surface area contributed by atoms with E-state index in [4.69, 9.17) is 9.53 Å². The molecule has 1 aromatic heterocycles. The number of hydrogen-bond acceptors (Lipinski definition) is 3. The molecule has 3 nitrogen and oxygen atoms in total. The van der Waals surface area contributed by atoms with Gasteiger partial charge in [-0.25, -0.2) is 0 Å². The molecule has 4 heteroatoms. The summed E-state index contributed by atoms with van der Waals surface area (Å²) in [5.74, 6) is 0. The third-order valence-electron chi connectivity index (χ3n) is 3.96. The van der Waals surface area contributed by atoms with Crippen LogP contribution in [0.1, 0.15) is 45.1 Å². The highest BCUT2D eigenvalue weighted by atomic mass is 28.4. The molecule has 0 bridgehead atoms. The second kappa shape index (κ2) is 6.16. The Morgan fingerprint density at radius 2 is 1.95 bits per heavy atom. The number of aromatic nitrogens is 1. The minimum atomic E-state index is -1.75. The lowest BCUT2D eigenvalue weighted by Crippen LogP contribution is -2.41. The fourth-order valence-corrected chi connectivity index (χ4v) is 3.00. The molecule has 0 aliphatic rings. The van der Waals surface area contributed by atoms with Gasteiger partial charge < -0.3 is 9.53 Å². The molecule has 1 atom stereocenters. The number of aliphatic hydroxyl groups is 1. The molecular weight excluding hydrogens is 254 g/mol. The molecule has 19 heavy (non-hydrogen) atoms. The van der Waals surface area contributed by atoms with Crippen LogP contribution in [0.25, 0.3) is 0 Å². The van der Waals surface area contributed by atoms with Gasteiger partial charge in [-0.2, -0.15) is 0 Å². The minimum Gasteiger partial charge on any atom is -0.410 e. The first kappa shape index (κ1) is 16.3. The summed E-state index contributed by atoms with van der Waals surface area (Å²) in [5, 5.41) is 9.10. The number of pyridine rings is 1. The third-order valence-corrected chi connectivity index (χ3v) is 8.52. The van der Waals surface area contributed by atoms with Crippen molar-refractivity contribution >= 4 is 8.32 Å². The van der Waals surface area contributed by atoms with E-state index in [1.807, 2.05) is 12.3 Å². The first-order valence-corrected chi connectivity index (χ1v) is 9.82. The summed E-state index contributed by atoms with van der Waals surface area (Å²) >= 11 is 0. The summed E-state index contributed by atoms with van der Waals surface area (Å²) in [6.07, 6.45) is 2.54. The summed E-state index contributed by atoms with van der Waals surface area (Å²) in [7, 11) is -1.75. The highest BCUT2D eigenvalue weighted by Crippen LogP contribution is 2.39. The van der Waals surface area contributed by atoms with E-state index in [0.29, 0.717) is 6.42 Å². The molecular formula is C15H27NO2Si. The molecule has 0 fully saturated rings. The van der Waals surface area contributed by atoms with E-state index in [2.05, 4.69) is 51.8 Å². The quantitative estimate of drug-likeness (QED) is 0.837. The summed E-state index contributed by atoms with van der Waals surface area (Å²) in [6.45, 7) is 13.5. The van der Waals surface area contributed by atoms with Crippen molar-refractivity contribution in [1.29, 1.82) is 0 Å². The zero-order valence-corrected chi connectivity index (χ0v) is 14.0. The summed E-state index contributed by atoms with van der Waals surface area (Å²) < 4.78 is 6.34. The monoisotopic (exact) mass is 281 g/mol. The van der Waals surface area contributed by atoms with Gasteiger partial charge in [0.1, 0.15) is 0 Å². The van der Waals surface area contributed by atoms with Crippen molar-refractivity contribution in [3.8, 4) is 0 Å². The SMILES string of the molecule is CC(O[Si](C)(C)C(C)(C)C)c1ccc(CCO)nc1. The van der Waals surface area contributed by atoms with E-state index in [9.17, 15) is 0 Å². The zero-order chi connectivity index (χ0) is 14.7. The first-order chi connectivity index (χ1) is 8.67. The van der Waals surface area contributed by atoms with Crippen molar-refractivity contribution in [2.24, 2.45) is 0 Å². The molecule has 0 aliphatic heterocycles.